The van der Waals surface area contributed by atoms with E-state index in [0.29, 0.717) is 0 Å². The summed E-state index contributed by atoms with van der Waals surface area (Å²) in [4.78, 5) is 24.3. The second-order valence-corrected chi connectivity index (χ2v) is 7.29. The van der Waals surface area contributed by atoms with Gasteiger partial charge in [-0.25, -0.2) is 9.18 Å². The average molecular weight is 468 g/mol. The smallest absolute Gasteiger partial charge is 0.326 e. The molecule has 2 N–H and O–H groups in total. The Hall–Kier alpha value is -2.80. The highest BCUT2D eigenvalue weighted by atomic mass is 35.5. The van der Waals surface area contributed by atoms with Gasteiger partial charge in [-0.2, -0.15) is 0 Å². The summed E-state index contributed by atoms with van der Waals surface area (Å²) in [6, 6.07) is 14.2. The Kier molecular flexibility index (Phi) is 7.15. The van der Waals surface area contributed by atoms with Crippen LogP contribution in [0.25, 0.3) is 0 Å². The molecule has 5 nitrogen and oxygen atoms in total. The summed E-state index contributed by atoms with van der Waals surface area (Å²) in [7, 11) is 0. The van der Waals surface area contributed by atoms with Gasteiger partial charge in [0.25, 0.3) is 5.91 Å². The maximum absolute atomic E-state index is 13.0. The summed E-state index contributed by atoms with van der Waals surface area (Å²) in [5.41, 5.74) is 1.14. The number of halogens is 4. The van der Waals surface area contributed by atoms with Gasteiger partial charge in [0.15, 0.2) is 5.75 Å². The molecule has 154 valence electrons. The van der Waals surface area contributed by atoms with E-state index < -0.39 is 11.9 Å². The molecular weight excluding hydrogens is 454 g/mol. The van der Waals surface area contributed by atoms with Crippen LogP contribution in [0.2, 0.25) is 15.1 Å². The number of hydrogen-bond acceptors (Lipinski definition) is 3. The number of imide groups is 1. The third kappa shape index (κ3) is 5.63. The first-order valence-corrected chi connectivity index (χ1v) is 9.70. The molecule has 0 saturated carbocycles. The molecule has 0 radical (unpaired) electrons. The van der Waals surface area contributed by atoms with Crippen molar-refractivity contribution in [2.24, 2.45) is 0 Å². The molecule has 3 aromatic carbocycles. The average Bonchev–Trinajstić information content (AvgIpc) is 2.69. The number of amides is 3. The lowest BCUT2D eigenvalue weighted by Gasteiger charge is -2.13. The molecule has 30 heavy (non-hydrogen) atoms. The summed E-state index contributed by atoms with van der Waals surface area (Å²) in [5.74, 6) is -0.799. The molecule has 0 fully saturated rings. The van der Waals surface area contributed by atoms with Crippen LogP contribution in [0.4, 0.5) is 14.9 Å². The molecule has 0 aliphatic heterocycles. The molecule has 0 atom stereocenters. The molecule has 0 bridgehead atoms. The Labute approximate surface area is 186 Å². The van der Waals surface area contributed by atoms with E-state index in [4.69, 9.17) is 39.5 Å². The second-order valence-electron chi connectivity index (χ2n) is 6.07. The zero-order valence-electron chi connectivity index (χ0n) is 15.2. The van der Waals surface area contributed by atoms with Crippen molar-refractivity contribution in [2.75, 3.05) is 5.32 Å². The van der Waals surface area contributed by atoms with Gasteiger partial charge in [0.05, 0.1) is 20.6 Å². The van der Waals surface area contributed by atoms with Crippen molar-refractivity contribution >= 4 is 52.4 Å². The fourth-order valence-electron chi connectivity index (χ4n) is 2.48. The van der Waals surface area contributed by atoms with Gasteiger partial charge in [0.1, 0.15) is 12.4 Å². The monoisotopic (exact) mass is 466 g/mol. The first-order valence-electron chi connectivity index (χ1n) is 8.56. The van der Waals surface area contributed by atoms with E-state index in [2.05, 4.69) is 10.6 Å². The summed E-state index contributed by atoms with van der Waals surface area (Å²) >= 11 is 18.4. The predicted molar refractivity (Wildman–Crippen MR) is 115 cm³/mol. The standard InChI is InChI=1S/C21H14Cl3FN2O3/c22-16-4-2-1-3-15(16)20(28)27-21(29)26-14-9-17(23)19(18(24)10-14)30-11-12-5-7-13(25)8-6-12/h1-10H,11H2,(H2,26,27,28,29). The summed E-state index contributed by atoms with van der Waals surface area (Å²) in [6.07, 6.45) is 0. The van der Waals surface area contributed by atoms with Crippen LogP contribution in [0.5, 0.6) is 5.75 Å². The molecule has 0 aromatic heterocycles. The van der Waals surface area contributed by atoms with E-state index in [0.717, 1.165) is 5.56 Å². The zero-order chi connectivity index (χ0) is 21.7. The van der Waals surface area contributed by atoms with Crippen molar-refractivity contribution in [3.05, 3.63) is 92.7 Å². The topological polar surface area (TPSA) is 67.4 Å². The van der Waals surface area contributed by atoms with Gasteiger partial charge in [-0.05, 0) is 42.0 Å². The maximum atomic E-state index is 13.0. The van der Waals surface area contributed by atoms with Crippen molar-refractivity contribution in [3.8, 4) is 5.75 Å². The fourth-order valence-corrected chi connectivity index (χ4v) is 3.30. The fraction of sp³-hybridized carbons (Fsp3) is 0.0476. The Morgan fingerprint density at radius 3 is 2.17 bits per heavy atom. The van der Waals surface area contributed by atoms with Crippen molar-refractivity contribution in [1.82, 2.24) is 5.32 Å². The van der Waals surface area contributed by atoms with Crippen LogP contribution in [0.1, 0.15) is 15.9 Å². The van der Waals surface area contributed by atoms with Crippen LogP contribution in [0.15, 0.2) is 60.7 Å². The lowest BCUT2D eigenvalue weighted by Crippen LogP contribution is -2.34. The number of anilines is 1. The second kappa shape index (κ2) is 9.80. The van der Waals surface area contributed by atoms with Crippen LogP contribution in [-0.2, 0) is 6.61 Å². The largest absolute Gasteiger partial charge is 0.486 e. The normalized spacial score (nSPS) is 10.4. The molecule has 0 unspecified atom stereocenters. The molecule has 0 aliphatic rings. The van der Waals surface area contributed by atoms with Gasteiger partial charge in [-0.1, -0.05) is 59.1 Å². The van der Waals surface area contributed by atoms with Gasteiger partial charge in [-0.15, -0.1) is 0 Å². The minimum absolute atomic E-state index is 0.124. The number of nitrogens with one attached hydrogen (secondary N) is 2. The quantitative estimate of drug-likeness (QED) is 0.461. The number of carbonyl (C=O) groups excluding carboxylic acids is 2. The summed E-state index contributed by atoms with van der Waals surface area (Å²) < 4.78 is 18.6. The molecule has 0 saturated heterocycles. The Bertz CT molecular complexity index is 1070. The molecule has 3 rings (SSSR count). The Balaban J connectivity index is 1.64. The first-order chi connectivity index (χ1) is 14.3. The van der Waals surface area contributed by atoms with Gasteiger partial charge in [0.2, 0.25) is 0 Å². The molecule has 0 aliphatic carbocycles. The number of hydrogen-bond donors (Lipinski definition) is 2. The highest BCUT2D eigenvalue weighted by molar-refractivity contribution is 6.37. The van der Waals surface area contributed by atoms with Gasteiger partial charge in [-0.3, -0.25) is 10.1 Å². The highest BCUT2D eigenvalue weighted by Crippen LogP contribution is 2.36. The van der Waals surface area contributed by atoms with E-state index in [1.807, 2.05) is 0 Å². The van der Waals surface area contributed by atoms with Crippen LogP contribution >= 0.6 is 34.8 Å². The lowest BCUT2D eigenvalue weighted by atomic mass is 10.2. The molecule has 3 aromatic rings. The predicted octanol–water partition coefficient (Wildman–Crippen LogP) is 6.33. The van der Waals surface area contributed by atoms with Crippen LogP contribution in [-0.4, -0.2) is 11.9 Å². The molecule has 9 heteroatoms. The van der Waals surface area contributed by atoms with Crippen molar-refractivity contribution < 1.29 is 18.7 Å². The van der Waals surface area contributed by atoms with Crippen LogP contribution < -0.4 is 15.4 Å². The Morgan fingerprint density at radius 1 is 0.900 bits per heavy atom. The van der Waals surface area contributed by atoms with Crippen molar-refractivity contribution in [2.45, 2.75) is 6.61 Å². The number of rotatable bonds is 5. The van der Waals surface area contributed by atoms with E-state index in [1.54, 1.807) is 30.3 Å². The van der Waals surface area contributed by atoms with E-state index in [1.165, 1.54) is 30.3 Å². The van der Waals surface area contributed by atoms with E-state index in [-0.39, 0.29) is 44.5 Å². The van der Waals surface area contributed by atoms with E-state index in [9.17, 15) is 14.0 Å². The van der Waals surface area contributed by atoms with Gasteiger partial charge < -0.3 is 10.1 Å². The molecule has 0 heterocycles. The minimum atomic E-state index is -0.785. The maximum Gasteiger partial charge on any atom is 0.326 e. The lowest BCUT2D eigenvalue weighted by molar-refractivity contribution is 0.0967. The van der Waals surface area contributed by atoms with Gasteiger partial charge in [0, 0.05) is 5.69 Å². The third-order valence-corrected chi connectivity index (χ3v) is 4.79. The van der Waals surface area contributed by atoms with E-state index >= 15 is 0 Å². The SMILES string of the molecule is O=C(NC(=O)c1ccccc1Cl)Nc1cc(Cl)c(OCc2ccc(F)cc2)c(Cl)c1. The third-order valence-electron chi connectivity index (χ3n) is 3.90. The number of urea groups is 1. The van der Waals surface area contributed by atoms with Crippen LogP contribution in [0, 0.1) is 5.82 Å². The molecular formula is C21H14Cl3FN2O3. The van der Waals surface area contributed by atoms with Gasteiger partial charge >= 0.3 is 6.03 Å². The number of benzene rings is 3. The minimum Gasteiger partial charge on any atom is -0.486 e. The van der Waals surface area contributed by atoms with Crippen molar-refractivity contribution in [3.63, 3.8) is 0 Å². The Morgan fingerprint density at radius 2 is 1.53 bits per heavy atom. The number of carbonyl (C=O) groups is 2. The highest BCUT2D eigenvalue weighted by Gasteiger charge is 2.15. The molecule has 0 spiro atoms. The first kappa shape index (κ1) is 21.9. The number of ether oxygens (including phenoxy) is 1. The summed E-state index contributed by atoms with van der Waals surface area (Å²) in [6.45, 7) is 0.124. The molecule has 3 amide bonds. The summed E-state index contributed by atoms with van der Waals surface area (Å²) in [5, 5.41) is 5.16. The van der Waals surface area contributed by atoms with Crippen LogP contribution in [0.3, 0.4) is 0 Å². The zero-order valence-corrected chi connectivity index (χ0v) is 17.5. The van der Waals surface area contributed by atoms with Crippen molar-refractivity contribution in [1.29, 1.82) is 0 Å².